The summed E-state index contributed by atoms with van der Waals surface area (Å²) in [4.78, 5) is 28.0. The van der Waals surface area contributed by atoms with E-state index in [9.17, 15) is 23.1 Å². The Morgan fingerprint density at radius 3 is 2.06 bits per heavy atom. The van der Waals surface area contributed by atoms with Gasteiger partial charge in [0.1, 0.15) is 28.7 Å². The number of thioether (sulfide) groups is 1. The lowest BCUT2D eigenvalue weighted by atomic mass is 10.0. The molecule has 2 aromatic heterocycles. The molecule has 0 unspecified atom stereocenters. The minimum Gasteiger partial charge on any atom is -0.497 e. The fourth-order valence-corrected chi connectivity index (χ4v) is 7.05. The topological polar surface area (TPSA) is 104 Å². The summed E-state index contributed by atoms with van der Waals surface area (Å²) in [6.07, 6.45) is -2.43. The van der Waals surface area contributed by atoms with Crippen molar-refractivity contribution in [2.75, 3.05) is 43.7 Å². The number of fused-ring (bicyclic) bond motifs is 1. The number of rotatable bonds is 10. The van der Waals surface area contributed by atoms with Gasteiger partial charge in [0.15, 0.2) is 5.82 Å². The minimum atomic E-state index is -4.84. The van der Waals surface area contributed by atoms with Crippen molar-refractivity contribution in [3.05, 3.63) is 95.3 Å². The average Bonchev–Trinajstić information content (AvgIpc) is 3.11. The number of anilines is 2. The molecule has 1 saturated heterocycles. The van der Waals surface area contributed by atoms with Crippen molar-refractivity contribution in [2.45, 2.75) is 43.4 Å². The highest BCUT2D eigenvalue weighted by atomic mass is 32.2. The summed E-state index contributed by atoms with van der Waals surface area (Å²) < 4.78 is 85.1. The quantitative estimate of drug-likeness (QED) is 0.0851. The van der Waals surface area contributed by atoms with Gasteiger partial charge in [0, 0.05) is 49.0 Å². The Balaban J connectivity index is 1.49. The average molecular weight is 755 g/mol. The van der Waals surface area contributed by atoms with Gasteiger partial charge in [-0.05, 0) is 84.8 Å². The number of carbonyl (C=O) groups is 1. The number of nitrogens with zero attached hydrogens (tertiary/aromatic N) is 6. The van der Waals surface area contributed by atoms with Crippen molar-refractivity contribution in [3.63, 3.8) is 0 Å². The van der Waals surface area contributed by atoms with Crippen LogP contribution in [0.2, 0.25) is 0 Å². The predicted molar refractivity (Wildman–Crippen MR) is 192 cm³/mol. The third kappa shape index (κ3) is 8.48. The summed E-state index contributed by atoms with van der Waals surface area (Å²) in [7, 11) is 3.12. The molecule has 0 bridgehead atoms. The summed E-state index contributed by atoms with van der Waals surface area (Å²) in [5.41, 5.74) is -3.62. The molecule has 0 radical (unpaired) electrons. The lowest BCUT2D eigenvalue weighted by Gasteiger charge is -2.39. The normalized spacial score (nSPS) is 14.8. The molecule has 1 aliphatic rings. The van der Waals surface area contributed by atoms with E-state index in [2.05, 4.69) is 9.97 Å². The number of halogens is 5. The molecule has 1 aliphatic heterocycles. The number of carboxylic acid groups (broad SMARTS) is 1. The Morgan fingerprint density at radius 2 is 1.53 bits per heavy atom. The number of methoxy groups -OCH3 is 2. The van der Waals surface area contributed by atoms with Gasteiger partial charge in [-0.1, -0.05) is 24.3 Å². The first-order valence-corrected chi connectivity index (χ1v) is 17.2. The minimum absolute atomic E-state index is 0.0205. The molecule has 3 heterocycles. The fourth-order valence-electron chi connectivity index (χ4n) is 6.33. The van der Waals surface area contributed by atoms with Crippen LogP contribution >= 0.6 is 11.8 Å². The molecule has 0 spiro atoms. The first kappa shape index (κ1) is 37.4. The van der Waals surface area contributed by atoms with Crippen LogP contribution in [0.15, 0.2) is 71.6 Å². The van der Waals surface area contributed by atoms with E-state index in [4.69, 9.17) is 14.5 Å². The molecular formula is C37H35F5N6O4S. The number of alkyl halides is 3. The number of hydrogen-bond donors (Lipinski definition) is 1. The molecule has 10 nitrogen and oxygen atoms in total. The zero-order chi connectivity index (χ0) is 38.0. The van der Waals surface area contributed by atoms with E-state index in [0.717, 1.165) is 22.1 Å². The SMILES string of the molecule is COc1ccc(CN(Cc2ccc(OC)cc2)c2cc(C)cc(-c3c(SC(F)(F)F)cc4c(N5CCN(C(=O)O)C[C@@H]5C)nc(F)nc4c3F)n2)cc1. The van der Waals surface area contributed by atoms with Gasteiger partial charge in [0.2, 0.25) is 0 Å². The number of hydrogen-bond acceptors (Lipinski definition) is 9. The van der Waals surface area contributed by atoms with E-state index < -0.39 is 57.3 Å². The van der Waals surface area contributed by atoms with Gasteiger partial charge in [-0.25, -0.2) is 14.2 Å². The third-order valence-electron chi connectivity index (χ3n) is 8.84. The Morgan fingerprint density at radius 1 is 0.925 bits per heavy atom. The van der Waals surface area contributed by atoms with E-state index >= 15 is 8.78 Å². The number of aromatic nitrogens is 3. The summed E-state index contributed by atoms with van der Waals surface area (Å²) in [5.74, 6) is 0.340. The Hall–Kier alpha value is -5.38. The van der Waals surface area contributed by atoms with Gasteiger partial charge in [-0.3, -0.25) is 0 Å². The van der Waals surface area contributed by atoms with Crippen LogP contribution in [0, 0.1) is 18.8 Å². The standard InChI is InChI=1S/C37H35F5N6O4S/c1-21-15-28(43-30(16-21)47(19-23-5-9-25(51-3)10-6-23)20-24-7-11-26(52-4)12-8-24)31-29(53-37(40,41)42)17-27-33(32(31)38)44-35(39)45-34(27)48-14-13-46(36(49)50)18-22(48)2/h5-12,15-17,22H,13-14,18-20H2,1-4H3,(H,49,50)/t22-/m0/s1. The monoisotopic (exact) mass is 754 g/mol. The van der Waals surface area contributed by atoms with Gasteiger partial charge < -0.3 is 29.3 Å². The van der Waals surface area contributed by atoms with Crippen molar-refractivity contribution in [1.29, 1.82) is 0 Å². The molecule has 5 aromatic rings. The lowest BCUT2D eigenvalue weighted by Crippen LogP contribution is -2.53. The molecule has 1 fully saturated rings. The van der Waals surface area contributed by atoms with E-state index in [1.54, 1.807) is 39.0 Å². The molecule has 1 amide bonds. The lowest BCUT2D eigenvalue weighted by molar-refractivity contribution is -0.0328. The van der Waals surface area contributed by atoms with E-state index in [1.807, 2.05) is 53.4 Å². The van der Waals surface area contributed by atoms with Crippen LogP contribution in [-0.4, -0.2) is 76.5 Å². The van der Waals surface area contributed by atoms with Crippen LogP contribution in [-0.2, 0) is 13.1 Å². The summed E-state index contributed by atoms with van der Waals surface area (Å²) in [5, 5.41) is 9.30. The molecule has 16 heteroatoms. The van der Waals surface area contributed by atoms with Crippen LogP contribution in [0.25, 0.3) is 22.2 Å². The highest BCUT2D eigenvalue weighted by molar-refractivity contribution is 8.00. The molecule has 53 heavy (non-hydrogen) atoms. The number of pyridine rings is 1. The van der Waals surface area contributed by atoms with Crippen molar-refractivity contribution in [1.82, 2.24) is 19.9 Å². The summed E-state index contributed by atoms with van der Waals surface area (Å²) >= 11 is -0.523. The van der Waals surface area contributed by atoms with E-state index in [1.165, 1.54) is 6.07 Å². The number of piperazine rings is 1. The second kappa shape index (κ2) is 15.3. The maximum atomic E-state index is 16.9. The Labute approximate surface area is 306 Å². The number of amides is 1. The van der Waals surface area contributed by atoms with Crippen molar-refractivity contribution in [2.24, 2.45) is 0 Å². The predicted octanol–water partition coefficient (Wildman–Crippen LogP) is 8.30. The molecule has 0 saturated carbocycles. The Bertz CT molecular complexity index is 2070. The highest BCUT2D eigenvalue weighted by Crippen LogP contribution is 2.46. The second-order valence-corrected chi connectivity index (χ2v) is 13.6. The smallest absolute Gasteiger partial charge is 0.446 e. The first-order chi connectivity index (χ1) is 25.2. The molecule has 3 aromatic carbocycles. The van der Waals surface area contributed by atoms with Gasteiger partial charge in [0.05, 0.1) is 25.5 Å². The Kier molecular flexibility index (Phi) is 10.8. The van der Waals surface area contributed by atoms with E-state index in [-0.39, 0.29) is 36.5 Å². The van der Waals surface area contributed by atoms with Crippen LogP contribution in [0.1, 0.15) is 23.6 Å². The largest absolute Gasteiger partial charge is 0.497 e. The zero-order valence-electron chi connectivity index (χ0n) is 29.1. The molecule has 6 rings (SSSR count). The molecule has 0 aliphatic carbocycles. The molecule has 1 N–H and O–H groups in total. The van der Waals surface area contributed by atoms with Gasteiger partial charge in [-0.15, -0.1) is 0 Å². The number of aryl methyl sites for hydroxylation is 1. The summed E-state index contributed by atoms with van der Waals surface area (Å²) in [6, 6.07) is 18.5. The van der Waals surface area contributed by atoms with Gasteiger partial charge >= 0.3 is 17.7 Å². The zero-order valence-corrected chi connectivity index (χ0v) is 29.9. The van der Waals surface area contributed by atoms with Gasteiger partial charge in [-0.2, -0.15) is 27.5 Å². The fraction of sp³-hybridized carbons (Fsp3) is 0.297. The number of benzene rings is 3. The molecule has 1 atom stereocenters. The van der Waals surface area contributed by atoms with Crippen molar-refractivity contribution in [3.8, 4) is 22.8 Å². The second-order valence-electron chi connectivity index (χ2n) is 12.5. The first-order valence-electron chi connectivity index (χ1n) is 16.4. The van der Waals surface area contributed by atoms with E-state index in [0.29, 0.717) is 36.0 Å². The van der Waals surface area contributed by atoms with Crippen molar-refractivity contribution >= 4 is 40.4 Å². The maximum absolute atomic E-state index is 16.9. The molecular weight excluding hydrogens is 720 g/mol. The maximum Gasteiger partial charge on any atom is 0.446 e. The van der Waals surface area contributed by atoms with Crippen LogP contribution in [0.3, 0.4) is 0 Å². The van der Waals surface area contributed by atoms with Gasteiger partial charge in [0.25, 0.3) is 0 Å². The number of ether oxygens (including phenoxy) is 2. The van der Waals surface area contributed by atoms with Crippen LogP contribution < -0.4 is 19.3 Å². The van der Waals surface area contributed by atoms with Crippen LogP contribution in [0.4, 0.5) is 38.4 Å². The van der Waals surface area contributed by atoms with Crippen molar-refractivity contribution < 1.29 is 41.3 Å². The molecule has 278 valence electrons. The highest BCUT2D eigenvalue weighted by Gasteiger charge is 2.35. The third-order valence-corrected chi connectivity index (χ3v) is 9.62. The summed E-state index contributed by atoms with van der Waals surface area (Å²) in [6.45, 7) is 4.13. The van der Waals surface area contributed by atoms with Crippen LogP contribution in [0.5, 0.6) is 11.5 Å².